The SMILES string of the molecule is CCCOc1ccc(C)c(-c2cccc(C/C(=N/OC)C(=O)OC)c2)n1. The fourth-order valence-corrected chi connectivity index (χ4v) is 2.48. The summed E-state index contributed by atoms with van der Waals surface area (Å²) in [4.78, 5) is 21.2. The van der Waals surface area contributed by atoms with Gasteiger partial charge in [-0.05, 0) is 30.5 Å². The van der Waals surface area contributed by atoms with Gasteiger partial charge in [0.1, 0.15) is 7.11 Å². The molecule has 26 heavy (non-hydrogen) atoms. The molecule has 0 aliphatic heterocycles. The van der Waals surface area contributed by atoms with Gasteiger partial charge in [0.25, 0.3) is 0 Å². The van der Waals surface area contributed by atoms with Crippen molar-refractivity contribution in [2.45, 2.75) is 26.7 Å². The van der Waals surface area contributed by atoms with Crippen LogP contribution in [0.1, 0.15) is 24.5 Å². The molecule has 0 spiro atoms. The molecule has 2 rings (SSSR count). The number of carbonyl (C=O) groups is 1. The number of esters is 1. The van der Waals surface area contributed by atoms with E-state index in [9.17, 15) is 4.79 Å². The van der Waals surface area contributed by atoms with E-state index in [0.29, 0.717) is 18.9 Å². The molecule has 0 N–H and O–H groups in total. The summed E-state index contributed by atoms with van der Waals surface area (Å²) in [6, 6.07) is 11.7. The van der Waals surface area contributed by atoms with Gasteiger partial charge < -0.3 is 14.3 Å². The Kier molecular flexibility index (Phi) is 7.14. The molecule has 0 aliphatic carbocycles. The van der Waals surface area contributed by atoms with Crippen molar-refractivity contribution in [1.82, 2.24) is 4.98 Å². The lowest BCUT2D eigenvalue weighted by molar-refractivity contribution is -0.133. The third kappa shape index (κ3) is 5.05. The highest BCUT2D eigenvalue weighted by molar-refractivity contribution is 6.36. The highest BCUT2D eigenvalue weighted by atomic mass is 16.6. The number of aromatic nitrogens is 1. The van der Waals surface area contributed by atoms with Crippen LogP contribution in [-0.4, -0.2) is 37.5 Å². The van der Waals surface area contributed by atoms with Crippen molar-refractivity contribution in [2.24, 2.45) is 5.16 Å². The Balaban J connectivity index is 2.31. The predicted molar refractivity (Wildman–Crippen MR) is 100 cm³/mol. The van der Waals surface area contributed by atoms with Crippen LogP contribution in [0.3, 0.4) is 0 Å². The van der Waals surface area contributed by atoms with E-state index in [0.717, 1.165) is 28.8 Å². The molecule has 0 bridgehead atoms. The smallest absolute Gasteiger partial charge is 0.356 e. The first-order chi connectivity index (χ1) is 12.6. The molecule has 2 aromatic rings. The second-order valence-corrected chi connectivity index (χ2v) is 5.75. The number of hydrogen-bond donors (Lipinski definition) is 0. The van der Waals surface area contributed by atoms with E-state index < -0.39 is 5.97 Å². The second-order valence-electron chi connectivity index (χ2n) is 5.75. The van der Waals surface area contributed by atoms with Crippen LogP contribution in [0.25, 0.3) is 11.3 Å². The maximum absolute atomic E-state index is 11.8. The lowest BCUT2D eigenvalue weighted by atomic mass is 10.0. The molecule has 0 saturated carbocycles. The zero-order chi connectivity index (χ0) is 18.9. The molecule has 0 unspecified atom stereocenters. The van der Waals surface area contributed by atoms with E-state index in [2.05, 4.69) is 17.1 Å². The largest absolute Gasteiger partial charge is 0.478 e. The number of methoxy groups -OCH3 is 1. The number of rotatable bonds is 8. The Hall–Kier alpha value is -2.89. The van der Waals surface area contributed by atoms with Gasteiger partial charge in [-0.25, -0.2) is 9.78 Å². The number of nitrogens with zero attached hydrogens (tertiary/aromatic N) is 2. The van der Waals surface area contributed by atoms with Gasteiger partial charge in [0, 0.05) is 18.1 Å². The highest BCUT2D eigenvalue weighted by Gasteiger charge is 2.15. The fraction of sp³-hybridized carbons (Fsp3) is 0.350. The van der Waals surface area contributed by atoms with E-state index in [-0.39, 0.29) is 5.71 Å². The molecule has 0 radical (unpaired) electrons. The molecule has 0 amide bonds. The van der Waals surface area contributed by atoms with Crippen LogP contribution in [0.15, 0.2) is 41.6 Å². The highest BCUT2D eigenvalue weighted by Crippen LogP contribution is 2.25. The van der Waals surface area contributed by atoms with E-state index in [4.69, 9.17) is 14.3 Å². The average molecular weight is 356 g/mol. The number of carbonyl (C=O) groups excluding carboxylic acids is 1. The van der Waals surface area contributed by atoms with Crippen molar-refractivity contribution in [3.63, 3.8) is 0 Å². The summed E-state index contributed by atoms with van der Waals surface area (Å²) in [5, 5.41) is 3.76. The summed E-state index contributed by atoms with van der Waals surface area (Å²) < 4.78 is 10.4. The van der Waals surface area contributed by atoms with E-state index >= 15 is 0 Å². The first-order valence-corrected chi connectivity index (χ1v) is 8.47. The fourth-order valence-electron chi connectivity index (χ4n) is 2.48. The molecule has 0 atom stereocenters. The first kappa shape index (κ1) is 19.4. The van der Waals surface area contributed by atoms with Crippen LogP contribution < -0.4 is 4.74 Å². The van der Waals surface area contributed by atoms with Crippen LogP contribution in [0.2, 0.25) is 0 Å². The minimum Gasteiger partial charge on any atom is -0.478 e. The predicted octanol–water partition coefficient (Wildman–Crippen LogP) is 3.56. The topological polar surface area (TPSA) is 70.0 Å². The van der Waals surface area contributed by atoms with Gasteiger partial charge in [0.2, 0.25) is 5.88 Å². The van der Waals surface area contributed by atoms with E-state index in [1.54, 1.807) is 0 Å². The molecular weight excluding hydrogens is 332 g/mol. The summed E-state index contributed by atoms with van der Waals surface area (Å²) in [6.07, 6.45) is 1.23. The third-order valence-corrected chi connectivity index (χ3v) is 3.72. The summed E-state index contributed by atoms with van der Waals surface area (Å²) in [7, 11) is 2.72. The Labute approximate surface area is 153 Å². The van der Waals surface area contributed by atoms with E-state index in [1.807, 2.05) is 43.3 Å². The van der Waals surface area contributed by atoms with Gasteiger partial charge in [0.05, 0.1) is 19.4 Å². The van der Waals surface area contributed by atoms with Crippen molar-refractivity contribution < 1.29 is 19.1 Å². The third-order valence-electron chi connectivity index (χ3n) is 3.72. The Morgan fingerprint density at radius 3 is 2.69 bits per heavy atom. The Bertz CT molecular complexity index is 787. The summed E-state index contributed by atoms with van der Waals surface area (Å²) in [5.74, 6) is 0.0931. The van der Waals surface area contributed by atoms with Crippen molar-refractivity contribution in [3.8, 4) is 17.1 Å². The molecular formula is C20H24N2O4. The molecule has 6 heteroatoms. The maximum Gasteiger partial charge on any atom is 0.356 e. The molecule has 1 heterocycles. The summed E-state index contributed by atoms with van der Waals surface area (Å²) >= 11 is 0. The van der Waals surface area contributed by atoms with Gasteiger partial charge in [0.15, 0.2) is 5.71 Å². The van der Waals surface area contributed by atoms with Gasteiger partial charge in [-0.1, -0.05) is 36.3 Å². The molecule has 138 valence electrons. The summed E-state index contributed by atoms with van der Waals surface area (Å²) in [5.41, 5.74) is 3.96. The van der Waals surface area contributed by atoms with Gasteiger partial charge >= 0.3 is 5.97 Å². The lowest BCUT2D eigenvalue weighted by Crippen LogP contribution is -2.18. The molecule has 0 aliphatic rings. The monoisotopic (exact) mass is 356 g/mol. The van der Waals surface area contributed by atoms with Crippen LogP contribution in [-0.2, 0) is 20.8 Å². The van der Waals surface area contributed by atoms with Crippen molar-refractivity contribution in [1.29, 1.82) is 0 Å². The molecule has 0 fully saturated rings. The van der Waals surface area contributed by atoms with Crippen LogP contribution in [0, 0.1) is 6.92 Å². The van der Waals surface area contributed by atoms with Crippen molar-refractivity contribution in [3.05, 3.63) is 47.5 Å². The number of pyridine rings is 1. The standard InChI is InChI=1S/C20H24N2O4/c1-5-11-26-18-10-9-14(2)19(21-18)16-8-6-7-15(12-16)13-17(22-25-4)20(23)24-3/h6-10,12H,5,11,13H2,1-4H3/b22-17-. The van der Waals surface area contributed by atoms with Gasteiger partial charge in [-0.15, -0.1) is 0 Å². The van der Waals surface area contributed by atoms with Crippen LogP contribution in [0.4, 0.5) is 0 Å². The number of ether oxygens (including phenoxy) is 2. The number of hydrogen-bond acceptors (Lipinski definition) is 6. The Morgan fingerprint density at radius 1 is 1.19 bits per heavy atom. The van der Waals surface area contributed by atoms with Gasteiger partial charge in [-0.2, -0.15) is 0 Å². The Morgan fingerprint density at radius 2 is 2.00 bits per heavy atom. The first-order valence-electron chi connectivity index (χ1n) is 8.47. The second kappa shape index (κ2) is 9.56. The van der Waals surface area contributed by atoms with Crippen LogP contribution >= 0.6 is 0 Å². The minimum atomic E-state index is -0.512. The zero-order valence-corrected chi connectivity index (χ0v) is 15.6. The normalized spacial score (nSPS) is 11.2. The van der Waals surface area contributed by atoms with E-state index in [1.165, 1.54) is 14.2 Å². The average Bonchev–Trinajstić information content (AvgIpc) is 2.66. The number of benzene rings is 1. The lowest BCUT2D eigenvalue weighted by Gasteiger charge is -2.11. The van der Waals surface area contributed by atoms with Gasteiger partial charge in [-0.3, -0.25) is 0 Å². The molecule has 1 aromatic carbocycles. The van der Waals surface area contributed by atoms with Crippen molar-refractivity contribution in [2.75, 3.05) is 20.8 Å². The molecule has 6 nitrogen and oxygen atoms in total. The maximum atomic E-state index is 11.8. The van der Waals surface area contributed by atoms with Crippen molar-refractivity contribution >= 4 is 11.7 Å². The van der Waals surface area contributed by atoms with Crippen LogP contribution in [0.5, 0.6) is 5.88 Å². The quantitative estimate of drug-likeness (QED) is 0.411. The molecule has 1 aromatic heterocycles. The number of aryl methyl sites for hydroxylation is 1. The molecule has 0 saturated heterocycles. The zero-order valence-electron chi connectivity index (χ0n) is 15.6. The summed E-state index contributed by atoms with van der Waals surface area (Å²) in [6.45, 7) is 4.69. The minimum absolute atomic E-state index is 0.205. The number of oxime groups is 1.